The van der Waals surface area contributed by atoms with Crippen LogP contribution in [0.5, 0.6) is 0 Å². The SMILES string of the molecule is Cc1ccc(/C=C/C(=O)NC(C(=O)O)c2cnn(C)c2)s1. The van der Waals surface area contributed by atoms with Crippen LogP contribution in [0.15, 0.2) is 30.6 Å². The van der Waals surface area contributed by atoms with Crippen LogP contribution in [0.3, 0.4) is 0 Å². The van der Waals surface area contributed by atoms with Gasteiger partial charge in [0.15, 0.2) is 6.04 Å². The van der Waals surface area contributed by atoms with Crippen LogP contribution < -0.4 is 5.32 Å². The normalized spacial score (nSPS) is 12.5. The molecule has 1 atom stereocenters. The van der Waals surface area contributed by atoms with Crippen LogP contribution in [-0.2, 0) is 16.6 Å². The monoisotopic (exact) mass is 305 g/mol. The number of thiophene rings is 1. The molecule has 2 rings (SSSR count). The molecule has 7 heteroatoms. The first-order valence-electron chi connectivity index (χ1n) is 6.22. The molecule has 1 amide bonds. The average Bonchev–Trinajstić information content (AvgIpc) is 3.02. The minimum Gasteiger partial charge on any atom is -0.479 e. The Hall–Kier alpha value is -2.41. The number of hydrogen-bond donors (Lipinski definition) is 2. The standard InChI is InChI=1S/C14H15N3O3S/c1-9-3-4-11(21-9)5-6-12(18)16-13(14(19)20)10-7-15-17(2)8-10/h3-8,13H,1-2H3,(H,16,18)(H,19,20)/b6-5+. The lowest BCUT2D eigenvalue weighted by Crippen LogP contribution is -2.32. The van der Waals surface area contributed by atoms with E-state index < -0.39 is 17.9 Å². The minimum atomic E-state index is -1.13. The molecule has 0 spiro atoms. The molecule has 0 saturated heterocycles. The van der Waals surface area contributed by atoms with Crippen LogP contribution in [0, 0.1) is 6.92 Å². The van der Waals surface area contributed by atoms with Gasteiger partial charge in [0.05, 0.1) is 6.20 Å². The van der Waals surface area contributed by atoms with Gasteiger partial charge < -0.3 is 10.4 Å². The van der Waals surface area contributed by atoms with E-state index >= 15 is 0 Å². The van der Waals surface area contributed by atoms with Gasteiger partial charge in [0.25, 0.3) is 0 Å². The van der Waals surface area contributed by atoms with Crippen molar-refractivity contribution in [2.45, 2.75) is 13.0 Å². The number of nitrogens with zero attached hydrogens (tertiary/aromatic N) is 2. The Morgan fingerprint density at radius 3 is 2.76 bits per heavy atom. The molecule has 0 saturated carbocycles. The van der Waals surface area contributed by atoms with Crippen molar-refractivity contribution in [1.82, 2.24) is 15.1 Å². The molecule has 0 bridgehead atoms. The summed E-state index contributed by atoms with van der Waals surface area (Å²) >= 11 is 1.56. The Labute approximate surface area is 125 Å². The molecular weight excluding hydrogens is 290 g/mol. The topological polar surface area (TPSA) is 84.2 Å². The Kier molecular flexibility index (Phi) is 4.54. The number of hydrogen-bond acceptors (Lipinski definition) is 4. The van der Waals surface area contributed by atoms with Crippen molar-refractivity contribution in [2.24, 2.45) is 7.05 Å². The molecule has 2 N–H and O–H groups in total. The molecule has 0 radical (unpaired) electrons. The first-order valence-corrected chi connectivity index (χ1v) is 7.03. The number of aliphatic carboxylic acids is 1. The Bertz CT molecular complexity index is 687. The van der Waals surface area contributed by atoms with Crippen LogP contribution in [0.25, 0.3) is 6.08 Å². The number of aryl methyl sites for hydroxylation is 2. The maximum absolute atomic E-state index is 11.8. The van der Waals surface area contributed by atoms with Crippen LogP contribution in [0.4, 0.5) is 0 Å². The van der Waals surface area contributed by atoms with Gasteiger partial charge >= 0.3 is 5.97 Å². The lowest BCUT2D eigenvalue weighted by Gasteiger charge is -2.10. The molecule has 1 unspecified atom stereocenters. The van der Waals surface area contributed by atoms with Gasteiger partial charge in [-0.2, -0.15) is 5.10 Å². The third kappa shape index (κ3) is 4.03. The molecule has 2 aromatic heterocycles. The maximum Gasteiger partial charge on any atom is 0.331 e. The van der Waals surface area contributed by atoms with Crippen LogP contribution in [0.2, 0.25) is 0 Å². The second-order valence-electron chi connectivity index (χ2n) is 4.51. The highest BCUT2D eigenvalue weighted by Crippen LogP contribution is 2.16. The Balaban J connectivity index is 2.05. The van der Waals surface area contributed by atoms with Crippen molar-refractivity contribution in [1.29, 1.82) is 0 Å². The number of carbonyl (C=O) groups excluding carboxylic acids is 1. The molecular formula is C14H15N3O3S. The lowest BCUT2D eigenvalue weighted by atomic mass is 10.1. The third-order valence-electron chi connectivity index (χ3n) is 2.75. The number of nitrogens with one attached hydrogen (secondary N) is 1. The average molecular weight is 305 g/mol. The molecule has 0 aliphatic rings. The van der Waals surface area contributed by atoms with Crippen molar-refractivity contribution in [3.8, 4) is 0 Å². The number of aromatic nitrogens is 2. The van der Waals surface area contributed by atoms with Crippen LogP contribution >= 0.6 is 11.3 Å². The predicted molar refractivity (Wildman–Crippen MR) is 79.8 cm³/mol. The summed E-state index contributed by atoms with van der Waals surface area (Å²) in [5.41, 5.74) is 0.429. The van der Waals surface area contributed by atoms with Gasteiger partial charge in [-0.05, 0) is 25.1 Å². The number of amides is 1. The van der Waals surface area contributed by atoms with E-state index in [-0.39, 0.29) is 0 Å². The van der Waals surface area contributed by atoms with Crippen molar-refractivity contribution in [2.75, 3.05) is 0 Å². The van der Waals surface area contributed by atoms with Crippen molar-refractivity contribution in [3.63, 3.8) is 0 Å². The Morgan fingerprint density at radius 2 is 2.24 bits per heavy atom. The van der Waals surface area contributed by atoms with Gasteiger partial charge in [0.2, 0.25) is 5.91 Å². The van der Waals surface area contributed by atoms with E-state index in [1.807, 2.05) is 19.1 Å². The van der Waals surface area contributed by atoms with Gasteiger partial charge in [-0.1, -0.05) is 0 Å². The highest BCUT2D eigenvalue weighted by atomic mass is 32.1. The Morgan fingerprint density at radius 1 is 1.48 bits per heavy atom. The largest absolute Gasteiger partial charge is 0.479 e. The fraction of sp³-hybridized carbons (Fsp3) is 0.214. The molecule has 21 heavy (non-hydrogen) atoms. The zero-order chi connectivity index (χ0) is 15.4. The summed E-state index contributed by atoms with van der Waals surface area (Å²) in [6, 6.07) is 2.75. The number of carboxylic acids is 1. The minimum absolute atomic E-state index is 0.429. The first-order chi connectivity index (χ1) is 9.95. The highest BCUT2D eigenvalue weighted by molar-refractivity contribution is 7.12. The van der Waals surface area contributed by atoms with Crippen molar-refractivity contribution >= 4 is 29.3 Å². The quantitative estimate of drug-likeness (QED) is 0.824. The molecule has 2 aromatic rings. The molecule has 0 aromatic carbocycles. The zero-order valence-corrected chi connectivity index (χ0v) is 12.4. The zero-order valence-electron chi connectivity index (χ0n) is 11.6. The smallest absolute Gasteiger partial charge is 0.331 e. The second-order valence-corrected chi connectivity index (χ2v) is 5.83. The second kappa shape index (κ2) is 6.36. The van der Waals surface area contributed by atoms with E-state index in [0.717, 1.165) is 9.75 Å². The predicted octanol–water partition coefficient (Wildman–Crippen LogP) is 1.75. The van der Waals surface area contributed by atoms with Crippen LogP contribution in [-0.4, -0.2) is 26.8 Å². The molecule has 2 heterocycles. The fourth-order valence-corrected chi connectivity index (χ4v) is 2.55. The summed E-state index contributed by atoms with van der Waals surface area (Å²) in [7, 11) is 1.68. The molecule has 110 valence electrons. The van der Waals surface area contributed by atoms with Gasteiger partial charge in [-0.15, -0.1) is 11.3 Å². The number of carbonyl (C=O) groups is 2. The lowest BCUT2D eigenvalue weighted by molar-refractivity contribution is -0.141. The van der Waals surface area contributed by atoms with Crippen molar-refractivity contribution < 1.29 is 14.7 Å². The van der Waals surface area contributed by atoms with E-state index in [2.05, 4.69) is 10.4 Å². The summed E-state index contributed by atoms with van der Waals surface area (Å²) in [4.78, 5) is 25.2. The molecule has 0 aliphatic heterocycles. The van der Waals surface area contributed by atoms with Gasteiger partial charge in [-0.3, -0.25) is 9.48 Å². The summed E-state index contributed by atoms with van der Waals surface area (Å²) in [6.45, 7) is 1.98. The summed E-state index contributed by atoms with van der Waals surface area (Å²) in [5, 5.41) is 15.6. The van der Waals surface area contributed by atoms with Gasteiger partial charge in [0, 0.05) is 34.6 Å². The van der Waals surface area contributed by atoms with Crippen LogP contribution in [0.1, 0.15) is 21.4 Å². The van der Waals surface area contributed by atoms with Gasteiger partial charge in [0.1, 0.15) is 0 Å². The summed E-state index contributed by atoms with van der Waals surface area (Å²) in [5.74, 6) is -1.59. The highest BCUT2D eigenvalue weighted by Gasteiger charge is 2.22. The van der Waals surface area contributed by atoms with E-state index in [1.54, 1.807) is 30.7 Å². The molecule has 0 fully saturated rings. The number of carboxylic acid groups (broad SMARTS) is 1. The molecule has 0 aliphatic carbocycles. The van der Waals surface area contributed by atoms with E-state index in [4.69, 9.17) is 0 Å². The van der Waals surface area contributed by atoms with E-state index in [9.17, 15) is 14.7 Å². The third-order valence-corrected chi connectivity index (χ3v) is 3.72. The van der Waals surface area contributed by atoms with Gasteiger partial charge in [-0.25, -0.2) is 4.79 Å². The van der Waals surface area contributed by atoms with E-state index in [0.29, 0.717) is 5.56 Å². The van der Waals surface area contributed by atoms with Crippen molar-refractivity contribution in [3.05, 3.63) is 45.9 Å². The maximum atomic E-state index is 11.8. The summed E-state index contributed by atoms with van der Waals surface area (Å²) < 4.78 is 1.49. The fourth-order valence-electron chi connectivity index (χ4n) is 1.77. The number of rotatable bonds is 5. The molecule has 6 nitrogen and oxygen atoms in total. The summed E-state index contributed by atoms with van der Waals surface area (Å²) in [6.07, 6.45) is 5.98. The van der Waals surface area contributed by atoms with E-state index in [1.165, 1.54) is 17.0 Å². The first kappa shape index (κ1) is 15.0.